The van der Waals surface area contributed by atoms with Crippen LogP contribution in [0.5, 0.6) is 5.75 Å². The van der Waals surface area contributed by atoms with E-state index in [-0.39, 0.29) is 5.91 Å². The topological polar surface area (TPSA) is 41.9 Å². The fraction of sp³-hybridized carbons (Fsp3) is 0.0714. The van der Waals surface area contributed by atoms with Gasteiger partial charge in [0.05, 0.1) is 17.0 Å². The first-order valence-electron chi connectivity index (χ1n) is 10.5. The van der Waals surface area contributed by atoms with Gasteiger partial charge in [0.15, 0.2) is 0 Å². The van der Waals surface area contributed by atoms with Crippen molar-refractivity contribution in [1.29, 1.82) is 0 Å². The van der Waals surface area contributed by atoms with Crippen LogP contribution in [0.3, 0.4) is 0 Å². The number of amides is 1. The lowest BCUT2D eigenvalue weighted by molar-refractivity contribution is -0.114. The molecular formula is C28H22N2O2. The maximum Gasteiger partial charge on any atom is 0.280 e. The summed E-state index contributed by atoms with van der Waals surface area (Å²) < 4.78 is 5.96. The van der Waals surface area contributed by atoms with Crippen LogP contribution in [0.15, 0.2) is 108 Å². The summed E-state index contributed by atoms with van der Waals surface area (Å²) in [6, 6.07) is 31.9. The third kappa shape index (κ3) is 4.03. The summed E-state index contributed by atoms with van der Waals surface area (Å²) in [4.78, 5) is 12.9. The molecule has 156 valence electrons. The lowest BCUT2D eigenvalue weighted by Gasteiger charge is -2.11. The Morgan fingerprint density at radius 3 is 2.34 bits per heavy atom. The van der Waals surface area contributed by atoms with Crippen LogP contribution in [0.1, 0.15) is 18.1 Å². The van der Waals surface area contributed by atoms with Crippen LogP contribution in [0, 0.1) is 0 Å². The van der Waals surface area contributed by atoms with Crippen molar-refractivity contribution in [1.82, 2.24) is 0 Å². The summed E-state index contributed by atoms with van der Waals surface area (Å²) in [5, 5.41) is 8.30. The Morgan fingerprint density at radius 2 is 1.56 bits per heavy atom. The average Bonchev–Trinajstić information content (AvgIpc) is 3.12. The average molecular weight is 418 g/mol. The van der Waals surface area contributed by atoms with Gasteiger partial charge in [-0.05, 0) is 65.2 Å². The van der Waals surface area contributed by atoms with E-state index in [0.29, 0.717) is 17.9 Å². The lowest BCUT2D eigenvalue weighted by atomic mass is 10.1. The highest BCUT2D eigenvalue weighted by atomic mass is 16.5. The van der Waals surface area contributed by atoms with Crippen molar-refractivity contribution >= 4 is 34.2 Å². The summed E-state index contributed by atoms with van der Waals surface area (Å²) in [6.07, 6.45) is 1.87. The van der Waals surface area contributed by atoms with Crippen LogP contribution in [-0.2, 0) is 11.4 Å². The molecule has 0 aliphatic carbocycles. The molecule has 0 spiro atoms. The van der Waals surface area contributed by atoms with Gasteiger partial charge in [0.1, 0.15) is 12.4 Å². The molecule has 0 aromatic heterocycles. The van der Waals surface area contributed by atoms with Gasteiger partial charge in [-0.15, -0.1) is 0 Å². The number of anilines is 1. The molecule has 1 amide bonds. The molecule has 0 bridgehead atoms. The molecule has 0 radical (unpaired) electrons. The van der Waals surface area contributed by atoms with Crippen LogP contribution >= 0.6 is 0 Å². The highest BCUT2D eigenvalue weighted by molar-refractivity contribution is 6.32. The molecule has 4 nitrogen and oxygen atoms in total. The maximum atomic E-state index is 12.9. The summed E-state index contributed by atoms with van der Waals surface area (Å²) in [5.41, 5.74) is 4.11. The number of hydrazone groups is 1. The van der Waals surface area contributed by atoms with Gasteiger partial charge < -0.3 is 4.74 Å². The van der Waals surface area contributed by atoms with Gasteiger partial charge in [-0.3, -0.25) is 4.79 Å². The van der Waals surface area contributed by atoms with E-state index in [0.717, 1.165) is 22.6 Å². The van der Waals surface area contributed by atoms with E-state index < -0.39 is 0 Å². The molecular weight excluding hydrogens is 396 g/mol. The molecule has 32 heavy (non-hydrogen) atoms. The largest absolute Gasteiger partial charge is 0.489 e. The Hall–Kier alpha value is -4.18. The number of hydrogen-bond donors (Lipinski definition) is 0. The summed E-state index contributed by atoms with van der Waals surface area (Å²) in [5.74, 6) is 0.666. The molecule has 0 atom stereocenters. The van der Waals surface area contributed by atoms with Crippen LogP contribution in [0.25, 0.3) is 16.8 Å². The molecule has 0 fully saturated rings. The van der Waals surface area contributed by atoms with E-state index in [4.69, 9.17) is 4.74 Å². The van der Waals surface area contributed by atoms with Gasteiger partial charge in [-0.2, -0.15) is 10.1 Å². The normalized spacial score (nSPS) is 14.8. The van der Waals surface area contributed by atoms with E-state index in [1.54, 1.807) is 0 Å². The highest BCUT2D eigenvalue weighted by Gasteiger charge is 2.28. The molecule has 4 aromatic rings. The quantitative estimate of drug-likeness (QED) is 0.361. The van der Waals surface area contributed by atoms with Crippen molar-refractivity contribution in [3.63, 3.8) is 0 Å². The number of carbonyl (C=O) groups is 1. The van der Waals surface area contributed by atoms with Crippen molar-refractivity contribution < 1.29 is 9.53 Å². The minimum atomic E-state index is -0.120. The first kappa shape index (κ1) is 19.8. The predicted molar refractivity (Wildman–Crippen MR) is 130 cm³/mol. The van der Waals surface area contributed by atoms with E-state index in [2.05, 4.69) is 35.4 Å². The predicted octanol–water partition coefficient (Wildman–Crippen LogP) is 6.22. The van der Waals surface area contributed by atoms with Gasteiger partial charge in [0.2, 0.25) is 0 Å². The molecule has 1 aliphatic heterocycles. The monoisotopic (exact) mass is 418 g/mol. The molecule has 0 unspecified atom stereocenters. The van der Waals surface area contributed by atoms with Gasteiger partial charge in [-0.1, -0.05) is 66.7 Å². The first-order chi connectivity index (χ1) is 15.7. The molecule has 0 N–H and O–H groups in total. The fourth-order valence-corrected chi connectivity index (χ4v) is 3.75. The first-order valence-corrected chi connectivity index (χ1v) is 10.5. The zero-order valence-corrected chi connectivity index (χ0v) is 17.7. The van der Waals surface area contributed by atoms with Gasteiger partial charge in [0, 0.05) is 0 Å². The standard InChI is InChI=1S/C28H22N2O2/c1-20-27(28(31)30(29-20)25-9-3-2-4-10-25)18-21-12-15-26(16-13-21)32-19-22-11-14-23-7-5-6-8-24(23)17-22/h2-18H,19H2,1H3/b27-18+. The van der Waals surface area contributed by atoms with Gasteiger partial charge in [0.25, 0.3) is 5.91 Å². The molecule has 0 saturated heterocycles. The minimum absolute atomic E-state index is 0.120. The van der Waals surface area contributed by atoms with Crippen molar-refractivity contribution in [2.24, 2.45) is 5.10 Å². The summed E-state index contributed by atoms with van der Waals surface area (Å²) in [7, 11) is 0. The van der Waals surface area contributed by atoms with Crippen LogP contribution in [0.2, 0.25) is 0 Å². The Morgan fingerprint density at radius 1 is 0.844 bits per heavy atom. The van der Waals surface area contributed by atoms with Crippen molar-refractivity contribution in [2.45, 2.75) is 13.5 Å². The fourth-order valence-electron chi connectivity index (χ4n) is 3.75. The van der Waals surface area contributed by atoms with Crippen molar-refractivity contribution in [3.05, 3.63) is 114 Å². The number of para-hydroxylation sites is 1. The maximum absolute atomic E-state index is 12.9. The zero-order valence-electron chi connectivity index (χ0n) is 17.7. The second-order valence-corrected chi connectivity index (χ2v) is 7.74. The second kappa shape index (κ2) is 8.52. The Labute approximate surface area is 187 Å². The number of nitrogens with zero attached hydrogens (tertiary/aromatic N) is 2. The number of hydrogen-bond acceptors (Lipinski definition) is 3. The van der Waals surface area contributed by atoms with Crippen LogP contribution < -0.4 is 9.75 Å². The van der Waals surface area contributed by atoms with Crippen molar-refractivity contribution in [3.8, 4) is 5.75 Å². The lowest BCUT2D eigenvalue weighted by Crippen LogP contribution is -2.21. The van der Waals surface area contributed by atoms with E-state index in [1.165, 1.54) is 15.8 Å². The van der Waals surface area contributed by atoms with E-state index >= 15 is 0 Å². The molecule has 4 heteroatoms. The SMILES string of the molecule is CC1=NN(c2ccccc2)C(=O)/C1=C/c1ccc(OCc2ccc3ccccc3c2)cc1. The van der Waals surface area contributed by atoms with Crippen LogP contribution in [-0.4, -0.2) is 11.6 Å². The highest BCUT2D eigenvalue weighted by Crippen LogP contribution is 2.25. The number of carbonyl (C=O) groups excluding carboxylic acids is 1. The molecule has 1 aliphatic rings. The zero-order chi connectivity index (χ0) is 21.9. The number of benzene rings is 4. The number of ether oxygens (including phenoxy) is 1. The molecule has 5 rings (SSSR count). The third-order valence-electron chi connectivity index (χ3n) is 5.47. The molecule has 4 aromatic carbocycles. The van der Waals surface area contributed by atoms with Crippen LogP contribution in [0.4, 0.5) is 5.69 Å². The number of rotatable bonds is 5. The van der Waals surface area contributed by atoms with E-state index in [1.807, 2.05) is 79.7 Å². The van der Waals surface area contributed by atoms with Gasteiger partial charge >= 0.3 is 0 Å². The number of fused-ring (bicyclic) bond motifs is 1. The Bertz CT molecular complexity index is 1340. The summed E-state index contributed by atoms with van der Waals surface area (Å²) >= 11 is 0. The smallest absolute Gasteiger partial charge is 0.280 e. The molecule has 1 heterocycles. The van der Waals surface area contributed by atoms with E-state index in [9.17, 15) is 4.79 Å². The van der Waals surface area contributed by atoms with Crippen molar-refractivity contribution in [2.75, 3.05) is 5.01 Å². The molecule has 0 saturated carbocycles. The van der Waals surface area contributed by atoms with Gasteiger partial charge in [-0.25, -0.2) is 0 Å². The Kier molecular flexibility index (Phi) is 5.26. The summed E-state index contributed by atoms with van der Waals surface area (Å²) in [6.45, 7) is 2.36. The Balaban J connectivity index is 1.27. The minimum Gasteiger partial charge on any atom is -0.489 e. The third-order valence-corrected chi connectivity index (χ3v) is 5.47. The second-order valence-electron chi connectivity index (χ2n) is 7.74.